The molecule has 6 aliphatic rings. The van der Waals surface area contributed by atoms with Crippen molar-refractivity contribution < 1.29 is 37.1 Å². The molecule has 1 saturated heterocycles. The van der Waals surface area contributed by atoms with Gasteiger partial charge in [-0.1, -0.05) is 55.7 Å². The zero-order valence-corrected chi connectivity index (χ0v) is 31.8. The Kier molecular flexibility index (Phi) is 10.8. The average Bonchev–Trinajstić information content (AvgIpc) is 4.05. The van der Waals surface area contributed by atoms with Crippen molar-refractivity contribution in [3.63, 3.8) is 0 Å². The van der Waals surface area contributed by atoms with Crippen molar-refractivity contribution >= 4 is 45.9 Å². The first-order valence-electron chi connectivity index (χ1n) is 19.5. The zero-order valence-electron chi connectivity index (χ0n) is 31.0. The van der Waals surface area contributed by atoms with E-state index in [0.717, 1.165) is 68.1 Å². The van der Waals surface area contributed by atoms with E-state index in [1.807, 2.05) is 18.2 Å². The Morgan fingerprint density at radius 1 is 1.04 bits per heavy atom. The third kappa shape index (κ3) is 7.87. The Morgan fingerprint density at radius 3 is 2.54 bits per heavy atom. The summed E-state index contributed by atoms with van der Waals surface area (Å²) >= 11 is 0. The molecule has 15 heteroatoms. The number of rotatable bonds is 7. The number of benzene rings is 1. The molecule has 7 rings (SSSR count). The Bertz CT molecular complexity index is 1820. The summed E-state index contributed by atoms with van der Waals surface area (Å²) in [5, 5.41) is 5.18. The number of hydrogen-bond donors (Lipinski definition) is 3. The van der Waals surface area contributed by atoms with Crippen LogP contribution in [0.25, 0.3) is 6.08 Å². The highest BCUT2D eigenvalue weighted by molar-refractivity contribution is 7.91. The van der Waals surface area contributed by atoms with Gasteiger partial charge in [-0.2, -0.15) is 0 Å². The molecule has 14 nitrogen and oxygen atoms in total. The van der Waals surface area contributed by atoms with Crippen molar-refractivity contribution in [2.75, 3.05) is 20.1 Å². The van der Waals surface area contributed by atoms with Crippen molar-refractivity contribution in [1.29, 1.82) is 0 Å². The molecule has 0 spiro atoms. The standard InChI is InChI=1S/C39H52N6O8S/c1-3-28-21-39(28,36(48)42-54(51,52)30-17-18-30)41-34(46)32-20-29-23-45(32)35(47)33(26-13-8-6-9-14-26)40-37(49)43(2)19-10-5-4-7-12-25-15-11-16-27-22-44(24-31(25)27)38(50)53-29/h3,7,11-12,15-16,26,28-30,32-33H,1,4-6,8-10,13-14,17-24H2,2H3,(H,40,49)(H,41,46)(H,42,48)/b12-7+/t28-,29-,32+,33+,39-/m1/s1. The molecule has 3 aliphatic heterocycles. The van der Waals surface area contributed by atoms with Crippen LogP contribution < -0.4 is 15.4 Å². The van der Waals surface area contributed by atoms with Gasteiger partial charge in [0.05, 0.1) is 18.3 Å². The summed E-state index contributed by atoms with van der Waals surface area (Å²) in [6, 6.07) is 3.52. The minimum Gasteiger partial charge on any atom is -0.444 e. The van der Waals surface area contributed by atoms with E-state index in [2.05, 4.69) is 34.1 Å². The van der Waals surface area contributed by atoms with Gasteiger partial charge in [-0.15, -0.1) is 6.58 Å². The molecule has 3 heterocycles. The van der Waals surface area contributed by atoms with Crippen LogP contribution in [0, 0.1) is 11.8 Å². The van der Waals surface area contributed by atoms with Crippen LogP contribution in [0.2, 0.25) is 0 Å². The quantitative estimate of drug-likeness (QED) is 0.354. The van der Waals surface area contributed by atoms with Crippen LogP contribution in [-0.4, -0.2) is 102 Å². The minimum atomic E-state index is -3.90. The summed E-state index contributed by atoms with van der Waals surface area (Å²) in [6.45, 7) is 4.91. The van der Waals surface area contributed by atoms with Gasteiger partial charge in [-0.3, -0.25) is 24.0 Å². The van der Waals surface area contributed by atoms with Gasteiger partial charge < -0.3 is 25.2 Å². The van der Waals surface area contributed by atoms with E-state index in [1.54, 1.807) is 16.8 Å². The van der Waals surface area contributed by atoms with Crippen LogP contribution in [0.5, 0.6) is 0 Å². The van der Waals surface area contributed by atoms with Crippen LogP contribution in [0.4, 0.5) is 9.59 Å². The van der Waals surface area contributed by atoms with Crippen LogP contribution in [0.3, 0.4) is 0 Å². The van der Waals surface area contributed by atoms with Crippen molar-refractivity contribution in [3.05, 3.63) is 53.6 Å². The molecule has 3 N–H and O–H groups in total. The second kappa shape index (κ2) is 15.4. The average molecular weight is 765 g/mol. The summed E-state index contributed by atoms with van der Waals surface area (Å²) in [6.07, 6.45) is 12.0. The molecule has 1 aromatic carbocycles. The number of hydrogen-bond acceptors (Lipinski definition) is 8. The van der Waals surface area contributed by atoms with E-state index in [0.29, 0.717) is 32.5 Å². The van der Waals surface area contributed by atoms with Crippen LogP contribution in [-0.2, 0) is 42.2 Å². The first kappa shape index (κ1) is 37.9. The molecule has 54 heavy (non-hydrogen) atoms. The number of ether oxygens (including phenoxy) is 1. The number of nitrogens with one attached hydrogen (secondary N) is 3. The van der Waals surface area contributed by atoms with Gasteiger partial charge >= 0.3 is 12.1 Å². The van der Waals surface area contributed by atoms with Gasteiger partial charge in [0.25, 0.3) is 5.91 Å². The van der Waals surface area contributed by atoms with Gasteiger partial charge in [0.15, 0.2) is 0 Å². The third-order valence-electron chi connectivity index (χ3n) is 12.1. The van der Waals surface area contributed by atoms with Crippen molar-refractivity contribution in [2.45, 2.75) is 119 Å². The molecule has 4 bridgehead atoms. The van der Waals surface area contributed by atoms with E-state index in [9.17, 15) is 32.4 Å². The molecule has 0 aromatic heterocycles. The van der Waals surface area contributed by atoms with Gasteiger partial charge in [0.2, 0.25) is 21.8 Å². The smallest absolute Gasteiger partial charge is 0.410 e. The van der Waals surface area contributed by atoms with Crippen molar-refractivity contribution in [2.24, 2.45) is 11.8 Å². The fourth-order valence-electron chi connectivity index (χ4n) is 8.54. The number of allylic oxidation sites excluding steroid dienone is 1. The molecule has 6 amide bonds. The van der Waals surface area contributed by atoms with E-state index in [-0.39, 0.29) is 31.3 Å². The molecule has 1 aromatic rings. The van der Waals surface area contributed by atoms with E-state index in [4.69, 9.17) is 4.74 Å². The number of carbonyl (C=O) groups excluding carboxylic acids is 5. The van der Waals surface area contributed by atoms with E-state index in [1.165, 1.54) is 11.0 Å². The lowest BCUT2D eigenvalue weighted by Crippen LogP contribution is -2.60. The zero-order chi connectivity index (χ0) is 38.2. The maximum Gasteiger partial charge on any atom is 0.410 e. The number of carbonyl (C=O) groups is 5. The summed E-state index contributed by atoms with van der Waals surface area (Å²) < 4.78 is 33.7. The highest BCUT2D eigenvalue weighted by Crippen LogP contribution is 2.45. The second-order valence-corrected chi connectivity index (χ2v) is 17.9. The summed E-state index contributed by atoms with van der Waals surface area (Å²) in [7, 11) is -2.19. The van der Waals surface area contributed by atoms with Gasteiger partial charge in [-0.05, 0) is 74.0 Å². The number of fused-ring (bicyclic) bond motifs is 3. The maximum atomic E-state index is 14.7. The van der Waals surface area contributed by atoms with Gasteiger partial charge in [0, 0.05) is 32.5 Å². The summed E-state index contributed by atoms with van der Waals surface area (Å²) in [5.41, 5.74) is 1.54. The largest absolute Gasteiger partial charge is 0.444 e. The predicted octanol–water partition coefficient (Wildman–Crippen LogP) is 3.57. The lowest BCUT2D eigenvalue weighted by molar-refractivity contribution is -0.142. The van der Waals surface area contributed by atoms with Gasteiger partial charge in [0.1, 0.15) is 23.7 Å². The topological polar surface area (TPSA) is 175 Å². The Labute approximate surface area is 317 Å². The Hall–Kier alpha value is -4.40. The van der Waals surface area contributed by atoms with Crippen LogP contribution >= 0.6 is 0 Å². The fraction of sp³-hybridized carbons (Fsp3) is 0.615. The normalized spacial score (nSPS) is 30.2. The molecule has 3 aliphatic carbocycles. The number of nitrogens with zero attached hydrogens (tertiary/aromatic N) is 3. The molecule has 0 radical (unpaired) electrons. The van der Waals surface area contributed by atoms with Crippen LogP contribution in [0.15, 0.2) is 36.9 Å². The predicted molar refractivity (Wildman–Crippen MR) is 200 cm³/mol. The van der Waals surface area contributed by atoms with Gasteiger partial charge in [-0.25, -0.2) is 18.0 Å². The molecular weight excluding hydrogens is 713 g/mol. The molecule has 5 atom stereocenters. The maximum absolute atomic E-state index is 14.7. The van der Waals surface area contributed by atoms with Crippen molar-refractivity contribution in [3.8, 4) is 0 Å². The molecule has 3 saturated carbocycles. The van der Waals surface area contributed by atoms with E-state index < -0.39 is 68.7 Å². The van der Waals surface area contributed by atoms with Crippen LogP contribution in [0.1, 0.15) is 93.7 Å². The highest BCUT2D eigenvalue weighted by Gasteiger charge is 2.62. The summed E-state index contributed by atoms with van der Waals surface area (Å²) in [4.78, 5) is 74.5. The Morgan fingerprint density at radius 2 is 1.81 bits per heavy atom. The van der Waals surface area contributed by atoms with E-state index >= 15 is 0 Å². The Balaban J connectivity index is 1.17. The molecule has 0 unspecified atom stereocenters. The first-order valence-corrected chi connectivity index (χ1v) is 21.0. The SMILES string of the molecule is C=C[C@@H]1C[C@]1(NC(=O)[C@@H]1C[C@@H]2CN1C(=O)[C@H](C1CCCCC1)NC(=O)N(C)CCCC/C=C/c1cccc3c1CN(C3)C(=O)O2)C(=O)NS(=O)(=O)C1CC1. The fourth-order valence-corrected chi connectivity index (χ4v) is 9.90. The third-order valence-corrected chi connectivity index (χ3v) is 13.9. The first-order chi connectivity index (χ1) is 25.9. The lowest BCUT2D eigenvalue weighted by Gasteiger charge is -2.35. The summed E-state index contributed by atoms with van der Waals surface area (Å²) in [5.74, 6) is -2.64. The molecule has 4 fully saturated rings. The molecular formula is C39H52N6O8S. The van der Waals surface area contributed by atoms with Crippen molar-refractivity contribution in [1.82, 2.24) is 30.1 Å². The highest BCUT2D eigenvalue weighted by atomic mass is 32.2. The molecule has 292 valence electrons. The monoisotopic (exact) mass is 764 g/mol. The minimum absolute atomic E-state index is 0.0415. The number of sulfonamides is 1. The lowest BCUT2D eigenvalue weighted by atomic mass is 9.83. The second-order valence-electron chi connectivity index (χ2n) is 15.9. The number of amides is 6. The number of urea groups is 1.